The number of rotatable bonds is 3. The molecular weight excluding hydrogens is 450 g/mol. The summed E-state index contributed by atoms with van der Waals surface area (Å²) in [4.78, 5) is 19.0. The summed E-state index contributed by atoms with van der Waals surface area (Å²) in [6.45, 7) is 5.02. The number of halogens is 5. The smallest absolute Gasteiger partial charge is 0.338 e. The van der Waals surface area contributed by atoms with E-state index in [1.807, 2.05) is 0 Å². The zero-order chi connectivity index (χ0) is 22.7. The highest BCUT2D eigenvalue weighted by molar-refractivity contribution is 6.38. The summed E-state index contributed by atoms with van der Waals surface area (Å²) < 4.78 is 41.3. The van der Waals surface area contributed by atoms with Crippen LogP contribution in [0, 0.1) is 12.8 Å². The summed E-state index contributed by atoms with van der Waals surface area (Å²) in [5.41, 5.74) is 1.45. The van der Waals surface area contributed by atoms with Gasteiger partial charge in [-0.3, -0.25) is 4.79 Å². The van der Waals surface area contributed by atoms with E-state index < -0.39 is 11.7 Å². The predicted octanol–water partition coefficient (Wildman–Crippen LogP) is 5.89. The maximum atomic E-state index is 13.2. The number of carbonyl (C=O) groups is 1. The number of amides is 1. The molecule has 0 unspecified atom stereocenters. The van der Waals surface area contributed by atoms with Gasteiger partial charge in [0.05, 0.1) is 27.2 Å². The summed E-state index contributed by atoms with van der Waals surface area (Å²) in [5, 5.41) is 0.620. The summed E-state index contributed by atoms with van der Waals surface area (Å²) in [7, 11) is 1.66. The number of carbonyl (C=O) groups excluding carboxylic acids is 1. The van der Waals surface area contributed by atoms with Crippen LogP contribution in [0.5, 0.6) is 0 Å². The molecule has 1 fully saturated rings. The van der Waals surface area contributed by atoms with Crippen molar-refractivity contribution in [2.75, 3.05) is 13.1 Å². The standard InChI is InChI=1S/C22H20Cl2F3N3O/c1-11-9-30(10-11)21(31)14-4-5-16(23)15(19(14)24)8-18-28-20-12(2)6-13(22(25,26)27)7-17(20)29(18)3/h4-7,11H,8-10H2,1-3H3. The Morgan fingerprint density at radius 2 is 1.90 bits per heavy atom. The van der Waals surface area contributed by atoms with Gasteiger partial charge in [-0.25, -0.2) is 4.98 Å². The molecule has 2 heterocycles. The number of fused-ring (bicyclic) bond motifs is 1. The van der Waals surface area contributed by atoms with Crippen LogP contribution in [0.2, 0.25) is 10.0 Å². The quantitative estimate of drug-likeness (QED) is 0.479. The normalized spacial score (nSPS) is 14.9. The van der Waals surface area contributed by atoms with Crippen LogP contribution in [0.25, 0.3) is 11.0 Å². The van der Waals surface area contributed by atoms with Gasteiger partial charge in [0, 0.05) is 31.6 Å². The molecule has 4 nitrogen and oxygen atoms in total. The lowest BCUT2D eigenvalue weighted by Gasteiger charge is -2.37. The van der Waals surface area contributed by atoms with E-state index in [-0.39, 0.29) is 17.4 Å². The fraction of sp³-hybridized carbons (Fsp3) is 0.364. The van der Waals surface area contributed by atoms with Crippen LogP contribution in [0.4, 0.5) is 13.2 Å². The molecule has 0 saturated carbocycles. The van der Waals surface area contributed by atoms with Crippen molar-refractivity contribution >= 4 is 40.1 Å². The van der Waals surface area contributed by atoms with Crippen molar-refractivity contribution < 1.29 is 18.0 Å². The van der Waals surface area contributed by atoms with E-state index >= 15 is 0 Å². The number of alkyl halides is 3. The van der Waals surface area contributed by atoms with E-state index in [0.29, 0.717) is 57.6 Å². The van der Waals surface area contributed by atoms with Gasteiger partial charge in [-0.2, -0.15) is 13.2 Å². The lowest BCUT2D eigenvalue weighted by Crippen LogP contribution is -2.48. The minimum absolute atomic E-state index is 0.156. The zero-order valence-electron chi connectivity index (χ0n) is 17.1. The Morgan fingerprint density at radius 3 is 2.52 bits per heavy atom. The van der Waals surface area contributed by atoms with Gasteiger partial charge in [-0.15, -0.1) is 0 Å². The first-order valence-electron chi connectivity index (χ1n) is 9.76. The number of likely N-dealkylation sites (tertiary alicyclic amines) is 1. The van der Waals surface area contributed by atoms with Crippen LogP contribution in [0.3, 0.4) is 0 Å². The molecule has 2 aromatic carbocycles. The average Bonchev–Trinajstić information content (AvgIpc) is 2.98. The number of nitrogens with zero attached hydrogens (tertiary/aromatic N) is 3. The Hall–Kier alpha value is -2.25. The van der Waals surface area contributed by atoms with Crippen LogP contribution in [0.1, 0.15) is 39.8 Å². The first-order chi connectivity index (χ1) is 14.5. The zero-order valence-corrected chi connectivity index (χ0v) is 18.7. The molecule has 164 valence electrons. The molecule has 3 aromatic rings. The average molecular weight is 470 g/mol. The number of hydrogen-bond donors (Lipinski definition) is 0. The van der Waals surface area contributed by atoms with Crippen molar-refractivity contribution in [3.63, 3.8) is 0 Å². The molecule has 0 bridgehead atoms. The van der Waals surface area contributed by atoms with Gasteiger partial charge in [0.25, 0.3) is 5.91 Å². The van der Waals surface area contributed by atoms with Crippen LogP contribution in [0.15, 0.2) is 24.3 Å². The van der Waals surface area contributed by atoms with Gasteiger partial charge in [0.2, 0.25) is 0 Å². The highest BCUT2D eigenvalue weighted by Crippen LogP contribution is 2.35. The maximum Gasteiger partial charge on any atom is 0.416 e. The fourth-order valence-corrected chi connectivity index (χ4v) is 4.53. The second-order valence-electron chi connectivity index (χ2n) is 8.13. The molecule has 0 atom stereocenters. The topological polar surface area (TPSA) is 38.1 Å². The first kappa shape index (κ1) is 22.0. The van der Waals surface area contributed by atoms with Gasteiger partial charge in [-0.05, 0) is 48.2 Å². The minimum atomic E-state index is -4.45. The van der Waals surface area contributed by atoms with Crippen molar-refractivity contribution in [1.29, 1.82) is 0 Å². The van der Waals surface area contributed by atoms with Gasteiger partial charge in [0.15, 0.2) is 0 Å². The van der Waals surface area contributed by atoms with Crippen molar-refractivity contribution in [1.82, 2.24) is 14.5 Å². The van der Waals surface area contributed by atoms with E-state index in [4.69, 9.17) is 23.2 Å². The van der Waals surface area contributed by atoms with E-state index in [2.05, 4.69) is 11.9 Å². The molecule has 1 aromatic heterocycles. The van der Waals surface area contributed by atoms with Crippen molar-refractivity contribution in [3.05, 3.63) is 62.4 Å². The van der Waals surface area contributed by atoms with Gasteiger partial charge < -0.3 is 9.47 Å². The van der Waals surface area contributed by atoms with Crippen LogP contribution in [-0.2, 0) is 19.6 Å². The predicted molar refractivity (Wildman–Crippen MR) is 115 cm³/mol. The molecule has 1 aliphatic rings. The molecule has 0 N–H and O–H groups in total. The number of benzene rings is 2. The Kier molecular flexibility index (Phi) is 5.46. The lowest BCUT2D eigenvalue weighted by atomic mass is 10.00. The SMILES string of the molecule is Cc1cc(C(F)(F)F)cc2c1nc(Cc1c(Cl)ccc(C(=O)N3CC(C)C3)c1Cl)n2C. The molecule has 1 amide bonds. The first-order valence-corrected chi connectivity index (χ1v) is 10.5. The van der Waals surface area contributed by atoms with Crippen molar-refractivity contribution in [2.24, 2.45) is 13.0 Å². The summed E-state index contributed by atoms with van der Waals surface area (Å²) in [5.74, 6) is 0.805. The van der Waals surface area contributed by atoms with E-state index in [9.17, 15) is 18.0 Å². The summed E-state index contributed by atoms with van der Waals surface area (Å²) in [6.07, 6.45) is -4.26. The number of aryl methyl sites for hydroxylation is 2. The van der Waals surface area contributed by atoms with E-state index in [1.54, 1.807) is 35.6 Å². The number of imidazole rings is 1. The Balaban J connectivity index is 1.74. The molecule has 4 rings (SSSR count). The van der Waals surface area contributed by atoms with E-state index in [1.165, 1.54) is 0 Å². The third-order valence-electron chi connectivity index (χ3n) is 5.70. The molecule has 0 radical (unpaired) electrons. The van der Waals surface area contributed by atoms with Crippen LogP contribution < -0.4 is 0 Å². The maximum absolute atomic E-state index is 13.2. The summed E-state index contributed by atoms with van der Waals surface area (Å²) in [6, 6.07) is 5.41. The Labute approximate surface area is 187 Å². The third-order valence-corrected chi connectivity index (χ3v) is 6.49. The molecule has 0 aliphatic carbocycles. The fourth-order valence-electron chi connectivity index (χ4n) is 3.95. The largest absolute Gasteiger partial charge is 0.416 e. The second-order valence-corrected chi connectivity index (χ2v) is 8.91. The second kappa shape index (κ2) is 7.71. The summed E-state index contributed by atoms with van der Waals surface area (Å²) >= 11 is 12.9. The number of hydrogen-bond acceptors (Lipinski definition) is 2. The Morgan fingerprint density at radius 1 is 1.23 bits per heavy atom. The van der Waals surface area contributed by atoms with Gasteiger partial charge in [-0.1, -0.05) is 30.1 Å². The molecule has 1 aliphatic heterocycles. The molecule has 31 heavy (non-hydrogen) atoms. The Bertz CT molecular complexity index is 1200. The van der Waals surface area contributed by atoms with Crippen LogP contribution >= 0.6 is 23.2 Å². The van der Waals surface area contributed by atoms with Gasteiger partial charge >= 0.3 is 6.18 Å². The minimum Gasteiger partial charge on any atom is -0.338 e. The highest BCUT2D eigenvalue weighted by atomic mass is 35.5. The van der Waals surface area contributed by atoms with Gasteiger partial charge in [0.1, 0.15) is 5.82 Å². The molecule has 9 heteroatoms. The third kappa shape index (κ3) is 3.89. The molecule has 0 spiro atoms. The van der Waals surface area contributed by atoms with Crippen LogP contribution in [-0.4, -0.2) is 33.4 Å². The van der Waals surface area contributed by atoms with Crippen molar-refractivity contribution in [2.45, 2.75) is 26.4 Å². The van der Waals surface area contributed by atoms with E-state index in [0.717, 1.165) is 12.1 Å². The molecular formula is C22H20Cl2F3N3O. The highest BCUT2D eigenvalue weighted by Gasteiger charge is 2.32. The number of aromatic nitrogens is 2. The lowest BCUT2D eigenvalue weighted by molar-refractivity contribution is -0.137. The molecule has 1 saturated heterocycles. The monoisotopic (exact) mass is 469 g/mol. The van der Waals surface area contributed by atoms with Crippen molar-refractivity contribution in [3.8, 4) is 0 Å².